The van der Waals surface area contributed by atoms with E-state index in [1.807, 2.05) is 6.26 Å². The lowest BCUT2D eigenvalue weighted by Crippen LogP contribution is -1.98. The van der Waals surface area contributed by atoms with Crippen LogP contribution < -0.4 is 0 Å². The number of furan rings is 1. The van der Waals surface area contributed by atoms with Crippen molar-refractivity contribution >= 4 is 0 Å². The molecule has 1 aromatic rings. The van der Waals surface area contributed by atoms with E-state index in [9.17, 15) is 0 Å². The predicted octanol–water partition coefficient (Wildman–Crippen LogP) is 3.98. The van der Waals surface area contributed by atoms with Gasteiger partial charge in [0.2, 0.25) is 0 Å². The molecule has 0 N–H and O–H groups in total. The van der Waals surface area contributed by atoms with Gasteiger partial charge in [0.25, 0.3) is 0 Å². The number of hydrogen-bond donors (Lipinski definition) is 0. The van der Waals surface area contributed by atoms with Gasteiger partial charge in [0.05, 0.1) is 12.3 Å². The summed E-state index contributed by atoms with van der Waals surface area (Å²) < 4.78 is 5.61. The van der Waals surface area contributed by atoms with Crippen molar-refractivity contribution in [1.82, 2.24) is 0 Å². The maximum absolute atomic E-state index is 8.59. The fraction of sp³-hybridized carbons (Fsp3) is 0.615. The van der Waals surface area contributed by atoms with Gasteiger partial charge in [0.1, 0.15) is 5.76 Å². The molecule has 1 aromatic heterocycles. The molecule has 0 spiro atoms. The quantitative estimate of drug-likeness (QED) is 0.745. The molecule has 0 saturated carbocycles. The minimum atomic E-state index is 0.415. The molecule has 15 heavy (non-hydrogen) atoms. The second-order valence-electron chi connectivity index (χ2n) is 4.51. The van der Waals surface area contributed by atoms with Gasteiger partial charge in [-0.3, -0.25) is 0 Å². The minimum Gasteiger partial charge on any atom is -0.468 e. The van der Waals surface area contributed by atoms with Gasteiger partial charge >= 0.3 is 0 Å². The molecule has 82 valence electrons. The standard InChI is InChI=1S/C13H19NO/c1-9(2)12-11(6-5-7-14)8-15-13(12)10(3)4/h8-10H,5-6H2,1-4H3. The third-order valence-corrected chi connectivity index (χ3v) is 2.55. The molecule has 1 heterocycles. The first-order chi connectivity index (χ1) is 7.07. The van der Waals surface area contributed by atoms with E-state index >= 15 is 0 Å². The first-order valence-corrected chi connectivity index (χ1v) is 5.55. The van der Waals surface area contributed by atoms with Gasteiger partial charge in [0.15, 0.2) is 0 Å². The molecule has 0 aliphatic heterocycles. The highest BCUT2D eigenvalue weighted by Gasteiger charge is 2.18. The number of rotatable bonds is 4. The van der Waals surface area contributed by atoms with Gasteiger partial charge in [-0.1, -0.05) is 27.7 Å². The maximum Gasteiger partial charge on any atom is 0.110 e. The van der Waals surface area contributed by atoms with Gasteiger partial charge in [-0.15, -0.1) is 0 Å². The van der Waals surface area contributed by atoms with E-state index < -0.39 is 0 Å². The maximum atomic E-state index is 8.59. The van der Waals surface area contributed by atoms with Crippen molar-refractivity contribution in [3.05, 3.63) is 23.2 Å². The predicted molar refractivity (Wildman–Crippen MR) is 60.8 cm³/mol. The molecular weight excluding hydrogens is 186 g/mol. The Balaban J connectivity index is 3.02. The highest BCUT2D eigenvalue weighted by Crippen LogP contribution is 2.31. The van der Waals surface area contributed by atoms with E-state index in [4.69, 9.17) is 9.68 Å². The molecule has 2 nitrogen and oxygen atoms in total. The van der Waals surface area contributed by atoms with Gasteiger partial charge in [0, 0.05) is 12.3 Å². The molecule has 0 fully saturated rings. The molecule has 0 radical (unpaired) electrons. The third kappa shape index (κ3) is 2.62. The Morgan fingerprint density at radius 3 is 2.40 bits per heavy atom. The van der Waals surface area contributed by atoms with Crippen molar-refractivity contribution < 1.29 is 4.42 Å². The smallest absolute Gasteiger partial charge is 0.110 e. The van der Waals surface area contributed by atoms with Gasteiger partial charge in [-0.25, -0.2) is 0 Å². The average Bonchev–Trinajstić information content (AvgIpc) is 2.58. The van der Waals surface area contributed by atoms with Gasteiger partial charge in [-0.05, 0) is 23.5 Å². The molecule has 0 aliphatic carbocycles. The summed E-state index contributed by atoms with van der Waals surface area (Å²) in [6, 6.07) is 2.18. The van der Waals surface area contributed by atoms with Crippen molar-refractivity contribution in [1.29, 1.82) is 5.26 Å². The monoisotopic (exact) mass is 205 g/mol. The zero-order valence-corrected chi connectivity index (χ0v) is 10.0. The normalized spacial score (nSPS) is 11.0. The molecule has 1 rings (SSSR count). The lowest BCUT2D eigenvalue weighted by molar-refractivity contribution is 0.478. The van der Waals surface area contributed by atoms with Crippen LogP contribution in [0.1, 0.15) is 62.8 Å². The summed E-state index contributed by atoms with van der Waals surface area (Å²) >= 11 is 0. The van der Waals surface area contributed by atoms with Gasteiger partial charge < -0.3 is 4.42 Å². The number of aryl methyl sites for hydroxylation is 1. The Hall–Kier alpha value is -1.23. The number of nitrogens with zero attached hydrogens (tertiary/aromatic N) is 1. The third-order valence-electron chi connectivity index (χ3n) is 2.55. The number of nitriles is 1. The lowest BCUT2D eigenvalue weighted by Gasteiger charge is -2.10. The van der Waals surface area contributed by atoms with Crippen LogP contribution in [-0.4, -0.2) is 0 Å². The number of hydrogen-bond acceptors (Lipinski definition) is 2. The fourth-order valence-corrected chi connectivity index (χ4v) is 1.91. The van der Waals surface area contributed by atoms with E-state index in [0.717, 1.165) is 12.2 Å². The molecule has 0 atom stereocenters. The lowest BCUT2D eigenvalue weighted by atomic mass is 9.93. The summed E-state index contributed by atoms with van der Waals surface area (Å²) in [5, 5.41) is 8.59. The molecule has 0 unspecified atom stereocenters. The van der Waals surface area contributed by atoms with Crippen LogP contribution >= 0.6 is 0 Å². The van der Waals surface area contributed by atoms with Crippen LogP contribution in [0.5, 0.6) is 0 Å². The van der Waals surface area contributed by atoms with Crippen molar-refractivity contribution in [2.24, 2.45) is 0 Å². The summed E-state index contributed by atoms with van der Waals surface area (Å²) in [6.45, 7) is 8.62. The minimum absolute atomic E-state index is 0.415. The van der Waals surface area contributed by atoms with Crippen molar-refractivity contribution in [3.8, 4) is 6.07 Å². The first-order valence-electron chi connectivity index (χ1n) is 5.55. The molecule has 0 bridgehead atoms. The Morgan fingerprint density at radius 1 is 1.27 bits per heavy atom. The Bertz CT molecular complexity index is 355. The summed E-state index contributed by atoms with van der Waals surface area (Å²) in [5.41, 5.74) is 2.51. The highest BCUT2D eigenvalue weighted by atomic mass is 16.3. The Labute approximate surface area is 91.9 Å². The molecule has 0 aliphatic rings. The van der Waals surface area contributed by atoms with Crippen LogP contribution in [0.3, 0.4) is 0 Å². The SMILES string of the molecule is CC(C)c1occ(CCC#N)c1C(C)C. The van der Waals surface area contributed by atoms with Crippen molar-refractivity contribution in [2.75, 3.05) is 0 Å². The Kier molecular flexibility index (Phi) is 3.96. The van der Waals surface area contributed by atoms with E-state index in [-0.39, 0.29) is 0 Å². The van der Waals surface area contributed by atoms with E-state index in [1.165, 1.54) is 11.1 Å². The molecular formula is C13H19NO. The van der Waals surface area contributed by atoms with E-state index in [2.05, 4.69) is 33.8 Å². The average molecular weight is 205 g/mol. The first kappa shape index (κ1) is 11.8. The van der Waals surface area contributed by atoms with Crippen molar-refractivity contribution in [2.45, 2.75) is 52.4 Å². The van der Waals surface area contributed by atoms with Crippen molar-refractivity contribution in [3.63, 3.8) is 0 Å². The largest absolute Gasteiger partial charge is 0.468 e. The van der Waals surface area contributed by atoms with Crippen LogP contribution in [0.25, 0.3) is 0 Å². The molecule has 2 heteroatoms. The highest BCUT2D eigenvalue weighted by molar-refractivity contribution is 5.33. The zero-order valence-electron chi connectivity index (χ0n) is 10.0. The van der Waals surface area contributed by atoms with Gasteiger partial charge in [-0.2, -0.15) is 5.26 Å². The van der Waals surface area contributed by atoms with Crippen LogP contribution in [0.2, 0.25) is 0 Å². The fourth-order valence-electron chi connectivity index (χ4n) is 1.91. The van der Waals surface area contributed by atoms with E-state index in [1.54, 1.807) is 0 Å². The molecule has 0 aromatic carbocycles. The topological polar surface area (TPSA) is 36.9 Å². The second-order valence-corrected chi connectivity index (χ2v) is 4.51. The summed E-state index contributed by atoms with van der Waals surface area (Å²) in [6.07, 6.45) is 3.19. The molecule has 0 saturated heterocycles. The Morgan fingerprint density at radius 2 is 1.93 bits per heavy atom. The second kappa shape index (κ2) is 5.02. The summed E-state index contributed by atoms with van der Waals surface area (Å²) in [4.78, 5) is 0. The molecule has 0 amide bonds. The van der Waals surface area contributed by atoms with Crippen LogP contribution in [0.15, 0.2) is 10.7 Å². The van der Waals surface area contributed by atoms with Crippen LogP contribution in [0.4, 0.5) is 0 Å². The zero-order chi connectivity index (χ0) is 11.4. The van der Waals surface area contributed by atoms with Crippen LogP contribution in [-0.2, 0) is 6.42 Å². The summed E-state index contributed by atoms with van der Waals surface area (Å²) in [5.74, 6) is 1.96. The van der Waals surface area contributed by atoms with Crippen LogP contribution in [0, 0.1) is 11.3 Å². The summed E-state index contributed by atoms with van der Waals surface area (Å²) in [7, 11) is 0. The van der Waals surface area contributed by atoms with E-state index in [0.29, 0.717) is 18.3 Å².